The van der Waals surface area contributed by atoms with Crippen LogP contribution in [-0.2, 0) is 23.8 Å². The van der Waals surface area contributed by atoms with E-state index in [-0.39, 0.29) is 5.57 Å². The second-order valence-electron chi connectivity index (χ2n) is 4.87. The van der Waals surface area contributed by atoms with Gasteiger partial charge in [-0.05, 0) is 13.8 Å². The van der Waals surface area contributed by atoms with Crippen LogP contribution in [0.5, 0.6) is 0 Å². The average Bonchev–Trinajstić information content (AvgIpc) is 2.44. The van der Waals surface area contributed by atoms with Crippen molar-refractivity contribution in [3.8, 4) is 0 Å². The number of hydrogen-bond donors (Lipinski definition) is 0. The first kappa shape index (κ1) is 13.7. The molecule has 0 N–H and O–H groups in total. The maximum absolute atomic E-state index is 11.4. The highest BCUT2D eigenvalue weighted by molar-refractivity contribution is 5.87. The van der Waals surface area contributed by atoms with Crippen molar-refractivity contribution in [3.63, 3.8) is 0 Å². The van der Waals surface area contributed by atoms with Gasteiger partial charge in [0.25, 0.3) is 0 Å². The molecule has 0 saturated carbocycles. The summed E-state index contributed by atoms with van der Waals surface area (Å²) in [5, 5.41) is 0. The maximum atomic E-state index is 11.4. The molecule has 5 nitrogen and oxygen atoms in total. The first-order chi connectivity index (χ1) is 7.74. The molecule has 17 heavy (non-hydrogen) atoms. The molecule has 1 aliphatic rings. The van der Waals surface area contributed by atoms with E-state index in [0.29, 0.717) is 6.61 Å². The predicted molar refractivity (Wildman–Crippen MR) is 60.0 cm³/mol. The minimum absolute atomic E-state index is 0.286. The van der Waals surface area contributed by atoms with Crippen molar-refractivity contribution < 1.29 is 23.8 Å². The van der Waals surface area contributed by atoms with Crippen LogP contribution in [0.15, 0.2) is 12.2 Å². The zero-order chi connectivity index (χ0) is 13.2. The molecule has 5 heteroatoms. The van der Waals surface area contributed by atoms with E-state index < -0.39 is 29.7 Å². The Hall–Kier alpha value is -1.36. The van der Waals surface area contributed by atoms with Crippen molar-refractivity contribution in [1.29, 1.82) is 0 Å². The van der Waals surface area contributed by atoms with Gasteiger partial charge in [-0.2, -0.15) is 0 Å². The summed E-state index contributed by atoms with van der Waals surface area (Å²) in [4.78, 5) is 22.7. The molecule has 0 spiro atoms. The van der Waals surface area contributed by atoms with Gasteiger partial charge in [-0.1, -0.05) is 20.4 Å². The van der Waals surface area contributed by atoms with Crippen LogP contribution in [0.1, 0.15) is 27.7 Å². The van der Waals surface area contributed by atoms with Crippen LogP contribution in [0, 0.1) is 5.41 Å². The fourth-order valence-corrected chi connectivity index (χ4v) is 1.44. The molecular formula is C12H18O5. The van der Waals surface area contributed by atoms with Crippen molar-refractivity contribution in [2.75, 3.05) is 6.61 Å². The van der Waals surface area contributed by atoms with Crippen LogP contribution in [0.25, 0.3) is 0 Å². The fraction of sp³-hybridized carbons (Fsp3) is 0.667. The van der Waals surface area contributed by atoms with Crippen LogP contribution < -0.4 is 0 Å². The Morgan fingerprint density at radius 2 is 2.18 bits per heavy atom. The van der Waals surface area contributed by atoms with Crippen molar-refractivity contribution in [2.24, 2.45) is 5.41 Å². The molecule has 1 aliphatic heterocycles. The Balaban J connectivity index is 2.56. The van der Waals surface area contributed by atoms with Crippen LogP contribution in [0.4, 0.5) is 0 Å². The summed E-state index contributed by atoms with van der Waals surface area (Å²) in [6.45, 7) is 10.6. The quantitative estimate of drug-likeness (QED) is 0.424. The van der Waals surface area contributed by atoms with Gasteiger partial charge < -0.3 is 14.2 Å². The third-order valence-corrected chi connectivity index (χ3v) is 2.46. The fourth-order valence-electron chi connectivity index (χ4n) is 1.44. The molecule has 2 unspecified atom stereocenters. The van der Waals surface area contributed by atoms with Gasteiger partial charge in [0.2, 0.25) is 6.29 Å². The van der Waals surface area contributed by atoms with Crippen molar-refractivity contribution >= 4 is 11.9 Å². The normalized spacial score (nSPS) is 24.0. The summed E-state index contributed by atoms with van der Waals surface area (Å²) in [5.74, 6) is -0.963. The Labute approximate surface area is 101 Å². The topological polar surface area (TPSA) is 61.8 Å². The Kier molecular flexibility index (Phi) is 3.93. The number of carbonyl (C=O) groups is 2. The molecule has 0 aromatic rings. The highest BCUT2D eigenvalue weighted by Crippen LogP contribution is 2.31. The van der Waals surface area contributed by atoms with E-state index in [1.54, 1.807) is 13.8 Å². The van der Waals surface area contributed by atoms with Gasteiger partial charge in [0, 0.05) is 11.0 Å². The summed E-state index contributed by atoms with van der Waals surface area (Å²) in [5.41, 5.74) is -0.130. The van der Waals surface area contributed by atoms with Gasteiger partial charge in [0.05, 0.1) is 6.61 Å². The SMILES string of the molecule is C=C(C)C(=O)OC(C)OC1C(=O)OCC1(C)C. The second-order valence-corrected chi connectivity index (χ2v) is 4.87. The molecule has 0 aliphatic carbocycles. The van der Waals surface area contributed by atoms with Crippen LogP contribution in [0.3, 0.4) is 0 Å². The average molecular weight is 242 g/mol. The summed E-state index contributed by atoms with van der Waals surface area (Å²) in [7, 11) is 0. The number of carbonyl (C=O) groups excluding carboxylic acids is 2. The lowest BCUT2D eigenvalue weighted by molar-refractivity contribution is -0.192. The summed E-state index contributed by atoms with van der Waals surface area (Å²) in [6, 6.07) is 0. The molecule has 96 valence electrons. The number of cyclic esters (lactones) is 1. The van der Waals surface area contributed by atoms with E-state index in [2.05, 4.69) is 6.58 Å². The lowest BCUT2D eigenvalue weighted by Gasteiger charge is -2.25. The molecule has 1 saturated heterocycles. The molecule has 1 rings (SSSR count). The first-order valence-electron chi connectivity index (χ1n) is 5.42. The van der Waals surface area contributed by atoms with E-state index in [1.807, 2.05) is 13.8 Å². The standard InChI is InChI=1S/C12H18O5/c1-7(2)10(13)17-8(3)16-9-11(14)15-6-12(9,4)5/h8-9H,1,6H2,2-5H3. The van der Waals surface area contributed by atoms with Crippen LogP contribution in [0.2, 0.25) is 0 Å². The Bertz CT molecular complexity index is 345. The Morgan fingerprint density at radius 3 is 2.59 bits per heavy atom. The summed E-state index contributed by atoms with van der Waals surface area (Å²) < 4.78 is 15.3. The first-order valence-corrected chi connectivity index (χ1v) is 5.42. The Morgan fingerprint density at radius 1 is 1.59 bits per heavy atom. The minimum atomic E-state index is -0.811. The molecule has 1 fully saturated rings. The predicted octanol–water partition coefficient (Wildman–Crippen LogP) is 1.42. The monoisotopic (exact) mass is 242 g/mol. The lowest BCUT2D eigenvalue weighted by atomic mass is 9.90. The van der Waals surface area contributed by atoms with Gasteiger partial charge in [-0.15, -0.1) is 0 Å². The van der Waals surface area contributed by atoms with Crippen molar-refractivity contribution in [1.82, 2.24) is 0 Å². The van der Waals surface area contributed by atoms with Gasteiger partial charge in [-0.25, -0.2) is 9.59 Å². The van der Waals surface area contributed by atoms with Crippen molar-refractivity contribution in [3.05, 3.63) is 12.2 Å². The van der Waals surface area contributed by atoms with E-state index >= 15 is 0 Å². The van der Waals surface area contributed by atoms with E-state index in [9.17, 15) is 9.59 Å². The van der Waals surface area contributed by atoms with Crippen LogP contribution >= 0.6 is 0 Å². The van der Waals surface area contributed by atoms with Gasteiger partial charge in [0.1, 0.15) is 0 Å². The number of esters is 2. The maximum Gasteiger partial charge on any atom is 0.336 e. The molecule has 0 bridgehead atoms. The van der Waals surface area contributed by atoms with Gasteiger partial charge in [-0.3, -0.25) is 0 Å². The third-order valence-electron chi connectivity index (χ3n) is 2.46. The van der Waals surface area contributed by atoms with Crippen LogP contribution in [-0.4, -0.2) is 30.9 Å². The largest absolute Gasteiger partial charge is 0.463 e. The number of rotatable bonds is 4. The molecule has 0 aromatic carbocycles. The van der Waals surface area contributed by atoms with E-state index in [1.165, 1.54) is 0 Å². The molecule has 0 amide bonds. The lowest BCUT2D eigenvalue weighted by Crippen LogP contribution is -2.37. The highest BCUT2D eigenvalue weighted by atomic mass is 16.7. The minimum Gasteiger partial charge on any atom is -0.463 e. The molecule has 2 atom stereocenters. The number of hydrogen-bond acceptors (Lipinski definition) is 5. The van der Waals surface area contributed by atoms with Gasteiger partial charge in [0.15, 0.2) is 6.10 Å². The molecule has 1 heterocycles. The smallest absolute Gasteiger partial charge is 0.336 e. The molecule has 0 radical (unpaired) electrons. The van der Waals surface area contributed by atoms with Crippen molar-refractivity contribution in [2.45, 2.75) is 40.1 Å². The summed E-state index contributed by atoms with van der Waals surface area (Å²) in [6.07, 6.45) is -1.52. The van der Waals surface area contributed by atoms with Gasteiger partial charge >= 0.3 is 11.9 Å². The zero-order valence-corrected chi connectivity index (χ0v) is 10.6. The summed E-state index contributed by atoms with van der Waals surface area (Å²) >= 11 is 0. The van der Waals surface area contributed by atoms with E-state index in [0.717, 1.165) is 0 Å². The second kappa shape index (κ2) is 4.87. The zero-order valence-electron chi connectivity index (χ0n) is 10.6. The number of ether oxygens (including phenoxy) is 3. The van der Waals surface area contributed by atoms with E-state index in [4.69, 9.17) is 14.2 Å². The molecular weight excluding hydrogens is 224 g/mol. The molecule has 0 aromatic heterocycles. The highest BCUT2D eigenvalue weighted by Gasteiger charge is 2.45. The third kappa shape index (κ3) is 3.30.